The van der Waals surface area contributed by atoms with Crippen molar-refractivity contribution in [2.24, 2.45) is 0 Å². The van der Waals surface area contributed by atoms with E-state index in [0.29, 0.717) is 22.5 Å². The quantitative estimate of drug-likeness (QED) is 0.802. The van der Waals surface area contributed by atoms with Gasteiger partial charge in [0.05, 0.1) is 11.4 Å². The van der Waals surface area contributed by atoms with Crippen molar-refractivity contribution in [3.8, 4) is 17.3 Å². The SMILES string of the molecule is Cc1nn(C(C)C)cc1-c1nc2c(C#N)c[nH]n2c(=O)c1C(C)C. The van der Waals surface area contributed by atoms with E-state index in [1.54, 1.807) is 0 Å². The molecular weight excluding hydrogens is 304 g/mol. The molecule has 0 atom stereocenters. The largest absolute Gasteiger partial charge is 0.295 e. The maximum atomic E-state index is 12.9. The Morgan fingerprint density at radius 1 is 1.29 bits per heavy atom. The number of aromatic amines is 1. The lowest BCUT2D eigenvalue weighted by molar-refractivity contribution is 0.529. The Kier molecular flexibility index (Phi) is 3.76. The van der Waals surface area contributed by atoms with Gasteiger partial charge >= 0.3 is 0 Å². The molecule has 0 radical (unpaired) electrons. The Hall–Kier alpha value is -2.88. The van der Waals surface area contributed by atoms with Crippen molar-refractivity contribution in [3.05, 3.63) is 39.6 Å². The van der Waals surface area contributed by atoms with Gasteiger partial charge < -0.3 is 0 Å². The van der Waals surface area contributed by atoms with E-state index < -0.39 is 0 Å². The van der Waals surface area contributed by atoms with Crippen LogP contribution in [0.2, 0.25) is 0 Å². The summed E-state index contributed by atoms with van der Waals surface area (Å²) in [5, 5.41) is 16.6. The first-order valence-corrected chi connectivity index (χ1v) is 7.95. The standard InChI is InChI=1S/C17H20N6O/c1-9(2)14-15(13-8-22(10(3)4)21-11(13)5)20-16-12(6-18)7-19-23(16)17(14)24/h7-10,19H,1-5H3. The third-order valence-corrected chi connectivity index (χ3v) is 4.10. The second kappa shape index (κ2) is 5.64. The number of rotatable bonds is 3. The number of H-pyrrole nitrogens is 1. The van der Waals surface area contributed by atoms with Crippen LogP contribution in [0, 0.1) is 18.3 Å². The summed E-state index contributed by atoms with van der Waals surface area (Å²) in [4.78, 5) is 17.5. The van der Waals surface area contributed by atoms with E-state index in [-0.39, 0.29) is 17.5 Å². The molecule has 7 nitrogen and oxygen atoms in total. The number of nitriles is 1. The van der Waals surface area contributed by atoms with Crippen LogP contribution in [0.3, 0.4) is 0 Å². The molecule has 0 amide bonds. The molecule has 0 aliphatic heterocycles. The Balaban J connectivity index is 2.40. The Morgan fingerprint density at radius 2 is 2.00 bits per heavy atom. The molecule has 7 heteroatoms. The molecule has 0 saturated heterocycles. The average molecular weight is 324 g/mol. The van der Waals surface area contributed by atoms with Crippen molar-refractivity contribution < 1.29 is 0 Å². The van der Waals surface area contributed by atoms with Crippen molar-refractivity contribution in [1.29, 1.82) is 5.26 Å². The normalized spacial score (nSPS) is 11.6. The van der Waals surface area contributed by atoms with Crippen LogP contribution in [0.4, 0.5) is 0 Å². The third-order valence-electron chi connectivity index (χ3n) is 4.10. The fourth-order valence-electron chi connectivity index (χ4n) is 2.81. The molecule has 3 aromatic heterocycles. The molecule has 24 heavy (non-hydrogen) atoms. The fourth-order valence-corrected chi connectivity index (χ4v) is 2.81. The third kappa shape index (κ3) is 2.31. The zero-order chi connectivity index (χ0) is 17.6. The smallest absolute Gasteiger partial charge is 0.276 e. The number of aromatic nitrogens is 5. The molecule has 3 aromatic rings. The van der Waals surface area contributed by atoms with E-state index in [1.165, 1.54) is 10.7 Å². The minimum Gasteiger partial charge on any atom is -0.295 e. The van der Waals surface area contributed by atoms with Gasteiger partial charge in [0.25, 0.3) is 5.56 Å². The van der Waals surface area contributed by atoms with Gasteiger partial charge in [0.1, 0.15) is 11.6 Å². The van der Waals surface area contributed by atoms with Crippen molar-refractivity contribution >= 4 is 5.65 Å². The zero-order valence-electron chi connectivity index (χ0n) is 14.5. The second-order valence-electron chi connectivity index (χ2n) is 6.49. The molecule has 124 valence electrons. The number of hydrogen-bond acceptors (Lipinski definition) is 4. The highest BCUT2D eigenvalue weighted by atomic mass is 16.1. The molecule has 0 aliphatic rings. The minimum absolute atomic E-state index is 0.00691. The Labute approximate surface area is 139 Å². The van der Waals surface area contributed by atoms with E-state index in [2.05, 4.69) is 21.3 Å². The molecule has 0 aliphatic carbocycles. The molecular formula is C17H20N6O. The highest BCUT2D eigenvalue weighted by molar-refractivity contribution is 5.69. The molecule has 3 rings (SSSR count). The first-order chi connectivity index (χ1) is 11.3. The first-order valence-electron chi connectivity index (χ1n) is 7.95. The van der Waals surface area contributed by atoms with Gasteiger partial charge in [0, 0.05) is 29.6 Å². The summed E-state index contributed by atoms with van der Waals surface area (Å²) in [7, 11) is 0. The summed E-state index contributed by atoms with van der Waals surface area (Å²) in [5.74, 6) is -0.00691. The van der Waals surface area contributed by atoms with Gasteiger partial charge in [-0.2, -0.15) is 10.4 Å². The van der Waals surface area contributed by atoms with Gasteiger partial charge in [-0.1, -0.05) is 13.8 Å². The number of nitrogens with one attached hydrogen (secondary N) is 1. The van der Waals surface area contributed by atoms with E-state index in [1.807, 2.05) is 45.5 Å². The van der Waals surface area contributed by atoms with Gasteiger partial charge in [-0.3, -0.25) is 14.6 Å². The van der Waals surface area contributed by atoms with E-state index in [9.17, 15) is 10.1 Å². The monoisotopic (exact) mass is 324 g/mol. The van der Waals surface area contributed by atoms with E-state index in [0.717, 1.165) is 11.3 Å². The lowest BCUT2D eigenvalue weighted by atomic mass is 9.98. The molecule has 0 aromatic carbocycles. The van der Waals surface area contributed by atoms with Crippen molar-refractivity contribution in [2.75, 3.05) is 0 Å². The van der Waals surface area contributed by atoms with Crippen molar-refractivity contribution in [2.45, 2.75) is 46.6 Å². The number of aryl methyl sites for hydroxylation is 1. The van der Waals surface area contributed by atoms with Gasteiger partial charge in [0.2, 0.25) is 0 Å². The number of hydrogen-bond donors (Lipinski definition) is 1. The lowest BCUT2D eigenvalue weighted by Gasteiger charge is -2.11. The van der Waals surface area contributed by atoms with Crippen LogP contribution in [0.5, 0.6) is 0 Å². The lowest BCUT2D eigenvalue weighted by Crippen LogP contribution is -2.22. The molecule has 0 bridgehead atoms. The first kappa shape index (κ1) is 16.0. The fraction of sp³-hybridized carbons (Fsp3) is 0.412. The summed E-state index contributed by atoms with van der Waals surface area (Å²) < 4.78 is 3.19. The van der Waals surface area contributed by atoms with Gasteiger partial charge in [-0.05, 0) is 26.7 Å². The van der Waals surface area contributed by atoms with Gasteiger partial charge in [-0.15, -0.1) is 0 Å². The predicted molar refractivity (Wildman–Crippen MR) is 91.0 cm³/mol. The Bertz CT molecular complexity index is 1010. The molecule has 3 heterocycles. The van der Waals surface area contributed by atoms with Crippen LogP contribution in [-0.4, -0.2) is 24.4 Å². The summed E-state index contributed by atoms with van der Waals surface area (Å²) in [6.07, 6.45) is 3.42. The summed E-state index contributed by atoms with van der Waals surface area (Å²) in [6.45, 7) is 9.93. The maximum Gasteiger partial charge on any atom is 0.276 e. The number of nitrogens with zero attached hydrogens (tertiary/aromatic N) is 5. The molecule has 0 spiro atoms. The minimum atomic E-state index is -0.178. The summed E-state index contributed by atoms with van der Waals surface area (Å²) in [5.41, 5.74) is 3.38. The van der Waals surface area contributed by atoms with Crippen LogP contribution >= 0.6 is 0 Å². The molecule has 0 saturated carbocycles. The van der Waals surface area contributed by atoms with E-state index in [4.69, 9.17) is 0 Å². The average Bonchev–Trinajstić information content (AvgIpc) is 3.10. The van der Waals surface area contributed by atoms with Crippen LogP contribution in [-0.2, 0) is 0 Å². The topological polar surface area (TPSA) is 91.8 Å². The van der Waals surface area contributed by atoms with Crippen molar-refractivity contribution in [3.63, 3.8) is 0 Å². The number of fused-ring (bicyclic) bond motifs is 1. The predicted octanol–water partition coefficient (Wildman–Crippen LogP) is 2.77. The van der Waals surface area contributed by atoms with Crippen LogP contribution < -0.4 is 5.56 Å². The zero-order valence-corrected chi connectivity index (χ0v) is 14.5. The van der Waals surface area contributed by atoms with Crippen LogP contribution in [0.1, 0.15) is 56.5 Å². The van der Waals surface area contributed by atoms with Crippen molar-refractivity contribution in [1.82, 2.24) is 24.4 Å². The van der Waals surface area contributed by atoms with Crippen LogP contribution in [0.25, 0.3) is 16.9 Å². The van der Waals surface area contributed by atoms with Gasteiger partial charge in [-0.25, -0.2) is 9.50 Å². The van der Waals surface area contributed by atoms with E-state index >= 15 is 0 Å². The highest BCUT2D eigenvalue weighted by Crippen LogP contribution is 2.28. The van der Waals surface area contributed by atoms with Gasteiger partial charge in [0.15, 0.2) is 5.65 Å². The Morgan fingerprint density at radius 3 is 2.54 bits per heavy atom. The highest BCUT2D eigenvalue weighted by Gasteiger charge is 2.22. The van der Waals surface area contributed by atoms with Crippen LogP contribution in [0.15, 0.2) is 17.2 Å². The summed E-state index contributed by atoms with van der Waals surface area (Å²) in [6, 6.07) is 2.28. The second-order valence-corrected chi connectivity index (χ2v) is 6.49. The molecule has 1 N–H and O–H groups in total. The molecule has 0 unspecified atom stereocenters. The maximum absolute atomic E-state index is 12.9. The molecule has 0 fully saturated rings. The summed E-state index contributed by atoms with van der Waals surface area (Å²) >= 11 is 0.